The molecule has 25 heavy (non-hydrogen) atoms. The zero-order valence-electron chi connectivity index (χ0n) is 12.7. The fraction of sp³-hybridized carbons (Fsp3) is 0.429. The van der Waals surface area contributed by atoms with Crippen molar-refractivity contribution in [3.8, 4) is 0 Å². The van der Waals surface area contributed by atoms with E-state index in [1.807, 2.05) is 0 Å². The van der Waals surface area contributed by atoms with E-state index in [2.05, 4.69) is 5.32 Å². The fourth-order valence-corrected chi connectivity index (χ4v) is 2.97. The summed E-state index contributed by atoms with van der Waals surface area (Å²) in [7, 11) is -2.95. The lowest BCUT2D eigenvalue weighted by Crippen LogP contribution is -2.32. The largest absolute Gasteiger partial charge is 0.511 e. The number of carboxylic acids is 2. The van der Waals surface area contributed by atoms with Crippen LogP contribution in [-0.2, 0) is 20.3 Å². The highest BCUT2D eigenvalue weighted by atomic mass is 31.1. The molecule has 7 nitrogen and oxygen atoms in total. The number of rotatable bonds is 9. The third-order valence-electron chi connectivity index (χ3n) is 3.46. The van der Waals surface area contributed by atoms with Gasteiger partial charge in [0.2, 0.25) is 5.66 Å². The lowest BCUT2D eigenvalue weighted by atomic mass is 9.99. The van der Waals surface area contributed by atoms with E-state index in [1.54, 1.807) is 0 Å². The van der Waals surface area contributed by atoms with Crippen LogP contribution in [-0.4, -0.2) is 39.2 Å². The van der Waals surface area contributed by atoms with Crippen molar-refractivity contribution in [3.63, 3.8) is 0 Å². The maximum atomic E-state index is 12.5. The minimum absolute atomic E-state index is 0.206. The molecule has 0 amide bonds. The highest BCUT2D eigenvalue weighted by molar-refractivity contribution is 7.39. The van der Waals surface area contributed by atoms with E-state index in [0.717, 1.165) is 24.3 Å². The Bertz CT molecular complexity index is 634. The molecular formula is C14H16F3NO6P+. The van der Waals surface area contributed by atoms with Crippen LogP contribution in [0.15, 0.2) is 24.3 Å². The van der Waals surface area contributed by atoms with E-state index in [4.69, 9.17) is 10.2 Å². The molecule has 1 rings (SSSR count). The molecule has 11 heteroatoms. The highest BCUT2D eigenvalue weighted by Crippen LogP contribution is 2.33. The number of aliphatic carboxylic acids is 2. The Balaban J connectivity index is 2.81. The third kappa shape index (κ3) is 6.67. The van der Waals surface area contributed by atoms with Gasteiger partial charge in [-0.05, 0) is 35.3 Å². The van der Waals surface area contributed by atoms with Gasteiger partial charge in [0.05, 0.1) is 12.1 Å². The number of carboxylic acid groups (broad SMARTS) is 2. The van der Waals surface area contributed by atoms with Crippen molar-refractivity contribution in [2.45, 2.75) is 24.7 Å². The molecule has 3 unspecified atom stereocenters. The van der Waals surface area contributed by atoms with Gasteiger partial charge in [0.25, 0.3) is 0 Å². The molecule has 4 N–H and O–H groups in total. The lowest BCUT2D eigenvalue weighted by Gasteiger charge is -2.15. The zero-order chi connectivity index (χ0) is 19.2. The summed E-state index contributed by atoms with van der Waals surface area (Å²) in [4.78, 5) is 31.1. The van der Waals surface area contributed by atoms with Gasteiger partial charge in [0, 0.05) is 12.1 Å². The molecule has 0 aromatic heterocycles. The van der Waals surface area contributed by atoms with E-state index in [0.29, 0.717) is 0 Å². The minimum atomic E-state index is -4.50. The van der Waals surface area contributed by atoms with Crippen molar-refractivity contribution in [2.24, 2.45) is 5.92 Å². The fourth-order valence-electron chi connectivity index (χ4n) is 2.13. The number of carbonyl (C=O) groups is 2. The van der Waals surface area contributed by atoms with Gasteiger partial charge < -0.3 is 15.5 Å². The van der Waals surface area contributed by atoms with Crippen LogP contribution in [0.25, 0.3) is 0 Å². The summed E-state index contributed by atoms with van der Waals surface area (Å²) in [6.45, 7) is -0.312. The lowest BCUT2D eigenvalue weighted by molar-refractivity contribution is -0.143. The quantitative estimate of drug-likeness (QED) is 0.484. The van der Waals surface area contributed by atoms with E-state index < -0.39 is 49.7 Å². The molecule has 0 aliphatic carbocycles. The Kier molecular flexibility index (Phi) is 7.32. The molecule has 3 atom stereocenters. The normalized spacial score (nSPS) is 14.5. The Hall–Kier alpha value is -2.19. The summed E-state index contributed by atoms with van der Waals surface area (Å²) in [5, 5.41) is 20.4. The van der Waals surface area contributed by atoms with Crippen LogP contribution in [0.2, 0.25) is 0 Å². The van der Waals surface area contributed by atoms with Crippen molar-refractivity contribution in [3.05, 3.63) is 29.8 Å². The van der Waals surface area contributed by atoms with E-state index in [9.17, 15) is 32.2 Å². The van der Waals surface area contributed by atoms with Crippen molar-refractivity contribution >= 4 is 25.7 Å². The maximum absolute atomic E-state index is 12.5. The predicted octanol–water partition coefficient (Wildman–Crippen LogP) is 2.79. The number of anilines is 1. The average molecular weight is 382 g/mol. The van der Waals surface area contributed by atoms with Crippen molar-refractivity contribution in [2.75, 3.05) is 11.9 Å². The second kappa shape index (κ2) is 8.77. The first kappa shape index (κ1) is 20.9. The predicted molar refractivity (Wildman–Crippen MR) is 81.5 cm³/mol. The van der Waals surface area contributed by atoms with Gasteiger partial charge in [-0.3, -0.25) is 9.59 Å². The first-order valence-electron chi connectivity index (χ1n) is 7.03. The van der Waals surface area contributed by atoms with Crippen LogP contribution in [0.1, 0.15) is 18.4 Å². The molecule has 1 aromatic carbocycles. The third-order valence-corrected chi connectivity index (χ3v) is 4.57. The molecule has 0 saturated heterocycles. The van der Waals surface area contributed by atoms with Crippen LogP contribution < -0.4 is 5.32 Å². The van der Waals surface area contributed by atoms with Gasteiger partial charge >= 0.3 is 26.1 Å². The highest BCUT2D eigenvalue weighted by Gasteiger charge is 2.42. The monoisotopic (exact) mass is 382 g/mol. The number of hydrogen-bond acceptors (Lipinski definition) is 4. The molecule has 138 valence electrons. The number of nitrogens with one attached hydrogen (secondary N) is 1. The molecule has 0 aliphatic rings. The van der Waals surface area contributed by atoms with Gasteiger partial charge in [-0.15, -0.1) is 0 Å². The smallest absolute Gasteiger partial charge is 0.481 e. The number of alkyl halides is 3. The standard InChI is InChI=1S/C14H15F3NO6P/c15-14(16,17)8-1-3-9(4-2-8)18-7-11(25(23)24)10(13(21)22)5-6-12(19)20/h1-4,10-11,18H,5-7H2,(H2-,19,20,21,22,23,24)/p+1. The van der Waals surface area contributed by atoms with Gasteiger partial charge in [-0.1, -0.05) is 0 Å². The summed E-state index contributed by atoms with van der Waals surface area (Å²) in [5.74, 6) is -4.04. The van der Waals surface area contributed by atoms with Crippen LogP contribution in [0.5, 0.6) is 0 Å². The Labute approximate surface area is 141 Å². The van der Waals surface area contributed by atoms with Crippen molar-refractivity contribution < 1.29 is 42.4 Å². The maximum Gasteiger partial charge on any atom is 0.511 e. The van der Waals surface area contributed by atoms with E-state index in [-0.39, 0.29) is 18.7 Å². The zero-order valence-corrected chi connectivity index (χ0v) is 13.6. The number of benzene rings is 1. The first-order valence-corrected chi connectivity index (χ1v) is 8.31. The van der Waals surface area contributed by atoms with Crippen LogP contribution in [0, 0.1) is 5.92 Å². The topological polar surface area (TPSA) is 124 Å². The Morgan fingerprint density at radius 3 is 2.12 bits per heavy atom. The average Bonchev–Trinajstić information content (AvgIpc) is 2.49. The molecule has 0 fully saturated rings. The Morgan fingerprint density at radius 2 is 1.72 bits per heavy atom. The van der Waals surface area contributed by atoms with Crippen LogP contribution in [0.4, 0.5) is 18.9 Å². The summed E-state index contributed by atoms with van der Waals surface area (Å²) in [6.07, 6.45) is -5.33. The summed E-state index contributed by atoms with van der Waals surface area (Å²) >= 11 is 0. The molecule has 0 spiro atoms. The van der Waals surface area contributed by atoms with Gasteiger partial charge in [-0.2, -0.15) is 18.1 Å². The molecule has 0 saturated carbocycles. The summed E-state index contributed by atoms with van der Waals surface area (Å²) < 4.78 is 48.9. The van der Waals surface area contributed by atoms with E-state index in [1.165, 1.54) is 0 Å². The number of halogens is 3. The van der Waals surface area contributed by atoms with Crippen LogP contribution >= 0.6 is 8.03 Å². The van der Waals surface area contributed by atoms with Crippen molar-refractivity contribution in [1.29, 1.82) is 0 Å². The Morgan fingerprint density at radius 1 is 1.16 bits per heavy atom. The van der Waals surface area contributed by atoms with E-state index >= 15 is 0 Å². The van der Waals surface area contributed by atoms with Crippen molar-refractivity contribution in [1.82, 2.24) is 0 Å². The van der Waals surface area contributed by atoms with Crippen LogP contribution in [0.3, 0.4) is 0 Å². The molecule has 0 aliphatic heterocycles. The first-order chi connectivity index (χ1) is 11.5. The molecule has 0 bridgehead atoms. The number of hydrogen-bond donors (Lipinski definition) is 4. The summed E-state index contributed by atoms with van der Waals surface area (Å²) in [5.41, 5.74) is -1.96. The molecular weight excluding hydrogens is 366 g/mol. The SMILES string of the molecule is O=C(O)CCC(C(=O)O)C(CNc1ccc(C(F)(F)F)cc1)[P+](=O)O. The van der Waals surface area contributed by atoms with Gasteiger partial charge in [0.15, 0.2) is 0 Å². The minimum Gasteiger partial charge on any atom is -0.481 e. The van der Waals surface area contributed by atoms with Gasteiger partial charge in [-0.25, -0.2) is 0 Å². The second-order valence-electron chi connectivity index (χ2n) is 5.20. The van der Waals surface area contributed by atoms with Gasteiger partial charge in [0.1, 0.15) is 5.92 Å². The molecule has 0 radical (unpaired) electrons. The molecule has 0 heterocycles. The summed E-state index contributed by atoms with van der Waals surface area (Å²) in [6, 6.07) is 3.85. The molecule has 1 aromatic rings. The second-order valence-corrected chi connectivity index (χ2v) is 6.47.